The molecule has 2 aliphatic rings. The number of likely N-dealkylation sites (tertiary alicyclic amines) is 1. The average Bonchev–Trinajstić information content (AvgIpc) is 2.47. The highest BCUT2D eigenvalue weighted by Gasteiger charge is 2.33. The second kappa shape index (κ2) is 4.01. The van der Waals surface area contributed by atoms with E-state index in [0.717, 1.165) is 17.6 Å². The first-order valence-electron chi connectivity index (χ1n) is 5.23. The van der Waals surface area contributed by atoms with E-state index in [1.807, 2.05) is 0 Å². The van der Waals surface area contributed by atoms with Gasteiger partial charge in [-0.3, -0.25) is 0 Å². The molecule has 0 unspecified atom stereocenters. The lowest BCUT2D eigenvalue weighted by Gasteiger charge is -2.23. The van der Waals surface area contributed by atoms with Gasteiger partial charge in [0.25, 0.3) is 0 Å². The molecule has 1 nitrogen and oxygen atoms in total. The Morgan fingerprint density at radius 2 is 1.67 bits per heavy atom. The van der Waals surface area contributed by atoms with Crippen molar-refractivity contribution < 1.29 is 0 Å². The van der Waals surface area contributed by atoms with Gasteiger partial charge in [0.15, 0.2) is 0 Å². The Morgan fingerprint density at radius 1 is 1.08 bits per heavy atom. The van der Waals surface area contributed by atoms with Crippen LogP contribution >= 0.6 is 12.6 Å². The molecule has 0 aromatic carbocycles. The maximum Gasteiger partial charge on any atom is 0.00701 e. The van der Waals surface area contributed by atoms with Gasteiger partial charge in [0.05, 0.1) is 0 Å². The molecule has 0 aromatic rings. The summed E-state index contributed by atoms with van der Waals surface area (Å²) in [6, 6.07) is 0. The number of thiol groups is 1. The average molecular weight is 185 g/mol. The van der Waals surface area contributed by atoms with Crippen LogP contribution in [0.3, 0.4) is 0 Å². The van der Waals surface area contributed by atoms with E-state index in [2.05, 4.69) is 17.5 Å². The van der Waals surface area contributed by atoms with Crippen molar-refractivity contribution in [3.05, 3.63) is 0 Å². The summed E-state index contributed by atoms with van der Waals surface area (Å²) in [5.74, 6) is 3.11. The number of fused-ring (bicyclic) bond motifs is 1. The van der Waals surface area contributed by atoms with Crippen LogP contribution in [0.4, 0.5) is 0 Å². The van der Waals surface area contributed by atoms with Crippen molar-refractivity contribution >= 4 is 12.6 Å². The molecule has 70 valence electrons. The van der Waals surface area contributed by atoms with Crippen LogP contribution in [0, 0.1) is 11.8 Å². The highest BCUT2D eigenvalue weighted by Crippen LogP contribution is 2.35. The van der Waals surface area contributed by atoms with Crippen molar-refractivity contribution in [3.63, 3.8) is 0 Å². The van der Waals surface area contributed by atoms with Crippen LogP contribution in [0.5, 0.6) is 0 Å². The van der Waals surface area contributed by atoms with Gasteiger partial charge >= 0.3 is 0 Å². The second-order valence-electron chi connectivity index (χ2n) is 4.29. The fourth-order valence-corrected chi connectivity index (χ4v) is 3.11. The number of nitrogens with zero attached hydrogens (tertiary/aromatic N) is 1. The molecule has 2 rings (SSSR count). The van der Waals surface area contributed by atoms with Gasteiger partial charge in [0.2, 0.25) is 0 Å². The predicted molar refractivity (Wildman–Crippen MR) is 55.7 cm³/mol. The minimum Gasteiger partial charge on any atom is -0.302 e. The van der Waals surface area contributed by atoms with Gasteiger partial charge in [-0.25, -0.2) is 0 Å². The van der Waals surface area contributed by atoms with E-state index < -0.39 is 0 Å². The van der Waals surface area contributed by atoms with E-state index in [0.29, 0.717) is 0 Å². The normalized spacial score (nSPS) is 36.8. The minimum absolute atomic E-state index is 1.03. The molecule has 0 N–H and O–H groups in total. The molecule has 0 spiro atoms. The van der Waals surface area contributed by atoms with Crippen LogP contribution in [0.15, 0.2) is 0 Å². The first-order chi connectivity index (χ1) is 5.90. The Bertz CT molecular complexity index is 135. The Morgan fingerprint density at radius 3 is 2.17 bits per heavy atom. The summed E-state index contributed by atoms with van der Waals surface area (Å²) in [4.78, 5) is 2.60. The highest BCUT2D eigenvalue weighted by molar-refractivity contribution is 7.80. The molecule has 0 amide bonds. The Kier molecular flexibility index (Phi) is 2.97. The standard InChI is InChI=1S/C10H19NS/c12-6-5-11-7-9-3-1-2-4-10(9)8-11/h9-10,12H,1-8H2/t9-,10+. The van der Waals surface area contributed by atoms with E-state index >= 15 is 0 Å². The van der Waals surface area contributed by atoms with E-state index in [9.17, 15) is 0 Å². The Labute approximate surface area is 80.9 Å². The second-order valence-corrected chi connectivity index (χ2v) is 4.74. The van der Waals surface area contributed by atoms with E-state index in [-0.39, 0.29) is 0 Å². The Balaban J connectivity index is 1.85. The first-order valence-corrected chi connectivity index (χ1v) is 5.86. The molecule has 1 saturated carbocycles. The summed E-state index contributed by atoms with van der Waals surface area (Å²) in [5.41, 5.74) is 0. The number of hydrogen-bond acceptors (Lipinski definition) is 2. The van der Waals surface area contributed by atoms with Crippen molar-refractivity contribution in [2.75, 3.05) is 25.4 Å². The molecular weight excluding hydrogens is 166 g/mol. The summed E-state index contributed by atoms with van der Waals surface area (Å²) in [7, 11) is 0. The van der Waals surface area contributed by atoms with Crippen molar-refractivity contribution in [3.8, 4) is 0 Å². The molecule has 0 aromatic heterocycles. The molecule has 2 fully saturated rings. The lowest BCUT2D eigenvalue weighted by Crippen LogP contribution is -2.23. The largest absolute Gasteiger partial charge is 0.302 e. The quantitative estimate of drug-likeness (QED) is 0.644. The smallest absolute Gasteiger partial charge is 0.00701 e. The molecule has 2 heteroatoms. The highest BCUT2D eigenvalue weighted by atomic mass is 32.1. The van der Waals surface area contributed by atoms with E-state index in [1.165, 1.54) is 45.3 Å². The van der Waals surface area contributed by atoms with Gasteiger partial charge in [-0.1, -0.05) is 12.8 Å². The molecule has 0 bridgehead atoms. The van der Waals surface area contributed by atoms with Gasteiger partial charge in [0.1, 0.15) is 0 Å². The maximum absolute atomic E-state index is 4.29. The number of hydrogen-bond donors (Lipinski definition) is 1. The summed E-state index contributed by atoms with van der Waals surface area (Å²) in [6.45, 7) is 3.94. The molecule has 0 radical (unpaired) electrons. The van der Waals surface area contributed by atoms with E-state index in [4.69, 9.17) is 0 Å². The minimum atomic E-state index is 1.03. The summed E-state index contributed by atoms with van der Waals surface area (Å²) < 4.78 is 0. The first kappa shape index (κ1) is 8.89. The van der Waals surface area contributed by atoms with Gasteiger partial charge in [-0.05, 0) is 24.7 Å². The summed E-state index contributed by atoms with van der Waals surface area (Å²) >= 11 is 4.29. The van der Waals surface area contributed by atoms with Crippen LogP contribution < -0.4 is 0 Å². The van der Waals surface area contributed by atoms with Crippen LogP contribution in [-0.4, -0.2) is 30.3 Å². The van der Waals surface area contributed by atoms with Gasteiger partial charge in [-0.2, -0.15) is 12.6 Å². The van der Waals surface area contributed by atoms with Crippen LogP contribution in [0.25, 0.3) is 0 Å². The third-order valence-electron chi connectivity index (χ3n) is 3.47. The van der Waals surface area contributed by atoms with Crippen LogP contribution in [-0.2, 0) is 0 Å². The SMILES string of the molecule is SCCN1C[C@H]2CCCC[C@H]2C1. The molecule has 2 atom stereocenters. The zero-order chi connectivity index (χ0) is 8.39. The van der Waals surface area contributed by atoms with Gasteiger partial charge in [-0.15, -0.1) is 0 Å². The fraction of sp³-hybridized carbons (Fsp3) is 1.00. The molecule has 1 aliphatic carbocycles. The summed E-state index contributed by atoms with van der Waals surface area (Å²) in [6.07, 6.45) is 5.95. The zero-order valence-corrected chi connectivity index (χ0v) is 8.60. The molecule has 1 saturated heterocycles. The fourth-order valence-electron chi connectivity index (χ4n) is 2.83. The van der Waals surface area contributed by atoms with Gasteiger partial charge < -0.3 is 4.90 Å². The summed E-state index contributed by atoms with van der Waals surface area (Å²) in [5, 5.41) is 0. The Hall–Kier alpha value is 0.310. The zero-order valence-electron chi connectivity index (χ0n) is 7.71. The van der Waals surface area contributed by atoms with E-state index in [1.54, 1.807) is 0 Å². The third kappa shape index (κ3) is 1.80. The molecule has 1 aliphatic heterocycles. The van der Waals surface area contributed by atoms with Crippen LogP contribution in [0.1, 0.15) is 25.7 Å². The predicted octanol–water partition coefficient (Wildman–Crippen LogP) is 2.04. The lowest BCUT2D eigenvalue weighted by molar-refractivity contribution is 0.299. The van der Waals surface area contributed by atoms with Crippen molar-refractivity contribution in [1.82, 2.24) is 4.90 Å². The molecular formula is C10H19NS. The van der Waals surface area contributed by atoms with Gasteiger partial charge in [0, 0.05) is 25.4 Å². The third-order valence-corrected chi connectivity index (χ3v) is 3.67. The topological polar surface area (TPSA) is 3.24 Å². The number of rotatable bonds is 2. The molecule has 12 heavy (non-hydrogen) atoms. The lowest BCUT2D eigenvalue weighted by atomic mass is 9.82. The van der Waals surface area contributed by atoms with Crippen molar-refractivity contribution in [2.24, 2.45) is 11.8 Å². The maximum atomic E-state index is 4.29. The molecule has 1 heterocycles. The van der Waals surface area contributed by atoms with Crippen molar-refractivity contribution in [2.45, 2.75) is 25.7 Å². The van der Waals surface area contributed by atoms with Crippen LogP contribution in [0.2, 0.25) is 0 Å². The van der Waals surface area contributed by atoms with Crippen molar-refractivity contribution in [1.29, 1.82) is 0 Å². The monoisotopic (exact) mass is 185 g/mol.